The van der Waals surface area contributed by atoms with Gasteiger partial charge in [0.25, 0.3) is 5.91 Å². The van der Waals surface area contributed by atoms with Crippen molar-refractivity contribution in [2.45, 2.75) is 51.6 Å². The summed E-state index contributed by atoms with van der Waals surface area (Å²) in [5.74, 6) is 0.649. The minimum absolute atomic E-state index is 0.00757. The lowest BCUT2D eigenvalue weighted by molar-refractivity contribution is 0.0692. The minimum atomic E-state index is -1.06. The van der Waals surface area contributed by atoms with Crippen molar-refractivity contribution in [2.24, 2.45) is 5.92 Å². The smallest absolute Gasteiger partial charge is 0.404 e. The summed E-state index contributed by atoms with van der Waals surface area (Å²) in [5, 5.41) is 23.9. The summed E-state index contributed by atoms with van der Waals surface area (Å²) in [5.41, 5.74) is 5.25. The largest absolute Gasteiger partial charge is 0.465 e. The van der Waals surface area contributed by atoms with Crippen molar-refractivity contribution in [3.05, 3.63) is 59.2 Å². The van der Waals surface area contributed by atoms with Gasteiger partial charge in [-0.05, 0) is 85.7 Å². The summed E-state index contributed by atoms with van der Waals surface area (Å²) >= 11 is 1.72. The van der Waals surface area contributed by atoms with Crippen LogP contribution in [0.1, 0.15) is 47.2 Å². The van der Waals surface area contributed by atoms with Gasteiger partial charge in [0.1, 0.15) is 0 Å². The highest BCUT2D eigenvalue weighted by molar-refractivity contribution is 7.22. The van der Waals surface area contributed by atoms with E-state index in [1.807, 2.05) is 12.1 Å². The Balaban J connectivity index is 1.42. The van der Waals surface area contributed by atoms with Crippen LogP contribution in [0.15, 0.2) is 42.5 Å². The van der Waals surface area contributed by atoms with Gasteiger partial charge in [-0.25, -0.2) is 4.79 Å². The molecule has 1 saturated carbocycles. The molecule has 1 unspecified atom stereocenters. The van der Waals surface area contributed by atoms with Gasteiger partial charge in [-0.1, -0.05) is 18.2 Å². The molecule has 1 aliphatic carbocycles. The SMILES string of the molecule is Cc1c(-c2cc3ccccc3n2CC2CC2)sc2cc(C(=O)N3CCCC(NC(=O)O)C3)cc(CCO)c12. The van der Waals surface area contributed by atoms with Gasteiger partial charge in [-0.15, -0.1) is 11.3 Å². The van der Waals surface area contributed by atoms with Crippen molar-refractivity contribution in [3.63, 3.8) is 0 Å². The number of aryl methyl sites for hydroxylation is 1. The van der Waals surface area contributed by atoms with E-state index < -0.39 is 6.09 Å². The highest BCUT2D eigenvalue weighted by atomic mass is 32.1. The van der Waals surface area contributed by atoms with Gasteiger partial charge < -0.3 is 25.0 Å². The third-order valence-corrected chi connectivity index (χ3v) is 9.22. The Morgan fingerprint density at radius 3 is 2.71 bits per heavy atom. The lowest BCUT2D eigenvalue weighted by Crippen LogP contribution is -2.49. The first-order chi connectivity index (χ1) is 18.4. The number of hydrogen-bond acceptors (Lipinski definition) is 4. The van der Waals surface area contributed by atoms with Gasteiger partial charge in [0.2, 0.25) is 0 Å². The van der Waals surface area contributed by atoms with E-state index in [1.54, 1.807) is 16.2 Å². The van der Waals surface area contributed by atoms with E-state index in [-0.39, 0.29) is 18.6 Å². The molecule has 4 aromatic rings. The molecule has 7 nitrogen and oxygen atoms in total. The second kappa shape index (κ2) is 10.1. The number of para-hydroxylation sites is 1. The minimum Gasteiger partial charge on any atom is -0.465 e. The number of aliphatic hydroxyl groups excluding tert-OH is 1. The van der Waals surface area contributed by atoms with Crippen LogP contribution in [0.5, 0.6) is 0 Å². The van der Waals surface area contributed by atoms with Crippen LogP contribution in [0.25, 0.3) is 31.6 Å². The summed E-state index contributed by atoms with van der Waals surface area (Å²) < 4.78 is 3.51. The Morgan fingerprint density at radius 2 is 1.95 bits per heavy atom. The molecule has 1 saturated heterocycles. The van der Waals surface area contributed by atoms with Crippen LogP contribution in [0.2, 0.25) is 0 Å². The maximum atomic E-state index is 13.6. The second-order valence-electron chi connectivity index (χ2n) is 10.7. The fourth-order valence-electron chi connectivity index (χ4n) is 5.96. The van der Waals surface area contributed by atoms with Crippen molar-refractivity contribution >= 4 is 44.3 Å². The van der Waals surface area contributed by atoms with E-state index >= 15 is 0 Å². The number of carbonyl (C=O) groups excluding carboxylic acids is 1. The number of fused-ring (bicyclic) bond motifs is 2. The number of benzene rings is 2. The number of thiophene rings is 1. The summed E-state index contributed by atoms with van der Waals surface area (Å²) in [6.45, 7) is 4.16. The summed E-state index contributed by atoms with van der Waals surface area (Å²) in [6.07, 6.45) is 3.47. The molecule has 1 aliphatic heterocycles. The lowest BCUT2D eigenvalue weighted by atomic mass is 9.98. The number of likely N-dealkylation sites (tertiary alicyclic amines) is 1. The van der Waals surface area contributed by atoms with Gasteiger partial charge in [-0.2, -0.15) is 0 Å². The molecule has 2 aliphatic rings. The molecule has 8 heteroatoms. The standard InChI is InChI=1S/C30H33N3O4S/c1-18-27-21(10-12-34)13-22(29(35)32-11-4-6-23(17-32)31-30(36)37)15-26(27)38-28(18)25-14-20-5-2-3-7-24(20)33(25)16-19-8-9-19/h2-3,5,7,13-15,19,23,31,34H,4,6,8-12,16-17H2,1H3,(H,36,37). The predicted octanol–water partition coefficient (Wildman–Crippen LogP) is 5.65. The van der Waals surface area contributed by atoms with Crippen LogP contribution >= 0.6 is 11.3 Å². The fraction of sp³-hybridized carbons (Fsp3) is 0.400. The van der Waals surface area contributed by atoms with Gasteiger partial charge in [-0.3, -0.25) is 4.79 Å². The molecule has 0 bridgehead atoms. The monoisotopic (exact) mass is 531 g/mol. The number of hydrogen-bond donors (Lipinski definition) is 3. The Hall–Kier alpha value is -3.36. The summed E-state index contributed by atoms with van der Waals surface area (Å²) in [6, 6.07) is 14.5. The van der Waals surface area contributed by atoms with Crippen LogP contribution in [0.4, 0.5) is 4.79 Å². The lowest BCUT2D eigenvalue weighted by Gasteiger charge is -2.32. The molecular formula is C30H33N3O4S. The number of aliphatic hydroxyl groups is 1. The molecule has 198 valence electrons. The van der Waals surface area contributed by atoms with Crippen LogP contribution in [0, 0.1) is 12.8 Å². The molecule has 2 aromatic heterocycles. The van der Waals surface area contributed by atoms with Crippen molar-refractivity contribution < 1.29 is 19.8 Å². The highest BCUT2D eigenvalue weighted by Gasteiger charge is 2.28. The van der Waals surface area contributed by atoms with Crippen molar-refractivity contribution in [1.82, 2.24) is 14.8 Å². The van der Waals surface area contributed by atoms with E-state index in [0.717, 1.165) is 41.0 Å². The molecule has 2 aromatic carbocycles. The molecular weight excluding hydrogens is 498 g/mol. The normalized spacial score (nSPS) is 17.8. The molecule has 1 atom stereocenters. The third-order valence-electron chi connectivity index (χ3n) is 7.96. The van der Waals surface area contributed by atoms with Gasteiger partial charge in [0.05, 0.1) is 10.6 Å². The van der Waals surface area contributed by atoms with Crippen molar-refractivity contribution in [3.8, 4) is 10.6 Å². The van der Waals surface area contributed by atoms with Crippen LogP contribution in [-0.4, -0.2) is 57.4 Å². The van der Waals surface area contributed by atoms with E-state index in [2.05, 4.69) is 47.1 Å². The zero-order valence-electron chi connectivity index (χ0n) is 21.6. The number of amides is 2. The maximum absolute atomic E-state index is 13.6. The number of carboxylic acid groups (broad SMARTS) is 1. The van der Waals surface area contributed by atoms with E-state index in [9.17, 15) is 14.7 Å². The quantitative estimate of drug-likeness (QED) is 0.287. The number of rotatable bonds is 7. The first-order valence-electron chi connectivity index (χ1n) is 13.5. The van der Waals surface area contributed by atoms with Crippen LogP contribution in [0.3, 0.4) is 0 Å². The van der Waals surface area contributed by atoms with E-state index in [4.69, 9.17) is 5.11 Å². The van der Waals surface area contributed by atoms with Gasteiger partial charge in [0.15, 0.2) is 0 Å². The number of nitrogens with zero attached hydrogens (tertiary/aromatic N) is 2. The summed E-state index contributed by atoms with van der Waals surface area (Å²) in [7, 11) is 0. The van der Waals surface area contributed by atoms with E-state index in [1.165, 1.54) is 39.9 Å². The van der Waals surface area contributed by atoms with Crippen LogP contribution < -0.4 is 5.32 Å². The Bertz CT molecular complexity index is 1530. The first kappa shape index (κ1) is 24.9. The first-order valence-corrected chi connectivity index (χ1v) is 14.3. The average molecular weight is 532 g/mol. The molecule has 6 rings (SSSR count). The second-order valence-corrected chi connectivity index (χ2v) is 11.8. The van der Waals surface area contributed by atoms with Gasteiger partial charge >= 0.3 is 6.09 Å². The third kappa shape index (κ3) is 4.67. The number of piperidine rings is 1. The maximum Gasteiger partial charge on any atom is 0.404 e. The molecule has 2 amide bonds. The van der Waals surface area contributed by atoms with Crippen molar-refractivity contribution in [1.29, 1.82) is 0 Å². The molecule has 38 heavy (non-hydrogen) atoms. The number of nitrogens with one attached hydrogen (secondary N) is 1. The zero-order chi connectivity index (χ0) is 26.4. The topological polar surface area (TPSA) is 94.8 Å². The zero-order valence-corrected chi connectivity index (χ0v) is 22.4. The van der Waals surface area contributed by atoms with Gasteiger partial charge in [0, 0.05) is 53.4 Å². The molecule has 0 spiro atoms. The molecule has 0 radical (unpaired) electrons. The highest BCUT2D eigenvalue weighted by Crippen LogP contribution is 2.44. The predicted molar refractivity (Wildman–Crippen MR) is 151 cm³/mol. The fourth-order valence-corrected chi connectivity index (χ4v) is 7.28. The molecule has 3 N–H and O–H groups in total. The van der Waals surface area contributed by atoms with Crippen molar-refractivity contribution in [2.75, 3.05) is 19.7 Å². The molecule has 3 heterocycles. The average Bonchev–Trinajstić information content (AvgIpc) is 3.57. The Kier molecular flexibility index (Phi) is 6.61. The van der Waals surface area contributed by atoms with Crippen LogP contribution in [-0.2, 0) is 13.0 Å². The molecule has 2 fully saturated rings. The number of carbonyl (C=O) groups is 2. The summed E-state index contributed by atoms with van der Waals surface area (Å²) in [4.78, 5) is 27.7. The van der Waals surface area contributed by atoms with E-state index in [0.29, 0.717) is 25.1 Å². The Morgan fingerprint density at radius 1 is 1.13 bits per heavy atom. The Labute approximate surface area is 225 Å². The number of aromatic nitrogens is 1.